The zero-order valence-corrected chi connectivity index (χ0v) is 10.8. The van der Waals surface area contributed by atoms with Crippen LogP contribution in [0.1, 0.15) is 42.5 Å². The Balaban J connectivity index is 2.27. The van der Waals surface area contributed by atoms with Crippen LogP contribution in [0.5, 0.6) is 5.75 Å². The van der Waals surface area contributed by atoms with Gasteiger partial charge < -0.3 is 15.6 Å². The third-order valence-corrected chi connectivity index (χ3v) is 2.82. The highest BCUT2D eigenvalue weighted by atomic mass is 16.5. The first-order valence-electron chi connectivity index (χ1n) is 6.24. The van der Waals surface area contributed by atoms with E-state index in [-0.39, 0.29) is 5.78 Å². The van der Waals surface area contributed by atoms with Crippen molar-refractivity contribution < 1.29 is 14.6 Å². The summed E-state index contributed by atoms with van der Waals surface area (Å²) in [4.78, 5) is 11.8. The van der Waals surface area contributed by atoms with Gasteiger partial charge in [0.25, 0.3) is 0 Å². The Morgan fingerprint density at radius 3 is 2.50 bits per heavy atom. The summed E-state index contributed by atoms with van der Waals surface area (Å²) in [5, 5.41) is 8.89. The number of unbranched alkanes of at least 4 members (excludes halogenated alkanes) is 2. The third-order valence-electron chi connectivity index (χ3n) is 2.82. The third kappa shape index (κ3) is 5.29. The second-order valence-corrected chi connectivity index (χ2v) is 4.32. The molecule has 0 bridgehead atoms. The first kappa shape index (κ1) is 14.7. The van der Waals surface area contributed by atoms with E-state index in [0.717, 1.165) is 30.6 Å². The van der Waals surface area contributed by atoms with Gasteiger partial charge >= 0.3 is 0 Å². The van der Waals surface area contributed by atoms with E-state index < -0.39 is 6.23 Å². The fraction of sp³-hybridized carbons (Fsp3) is 0.500. The van der Waals surface area contributed by atoms with Gasteiger partial charge in [-0.1, -0.05) is 6.42 Å². The van der Waals surface area contributed by atoms with Gasteiger partial charge in [0.2, 0.25) is 0 Å². The monoisotopic (exact) mass is 251 g/mol. The molecule has 3 N–H and O–H groups in total. The molecule has 4 nitrogen and oxygen atoms in total. The predicted octanol–water partition coefficient (Wildman–Crippen LogP) is 2.11. The van der Waals surface area contributed by atoms with Crippen molar-refractivity contribution >= 4 is 5.78 Å². The van der Waals surface area contributed by atoms with Crippen LogP contribution < -0.4 is 10.5 Å². The number of hydrogen-bond donors (Lipinski definition) is 2. The molecule has 0 saturated carbocycles. The lowest BCUT2D eigenvalue weighted by atomic mass is 10.0. The van der Waals surface area contributed by atoms with Gasteiger partial charge in [0.15, 0.2) is 5.78 Å². The van der Waals surface area contributed by atoms with Gasteiger partial charge in [-0.05, 0) is 43.5 Å². The van der Waals surface area contributed by atoms with Gasteiger partial charge in [-0.15, -0.1) is 0 Å². The number of rotatable bonds is 8. The maximum Gasteiger partial charge on any atom is 0.162 e. The second-order valence-electron chi connectivity index (χ2n) is 4.32. The fourth-order valence-electron chi connectivity index (χ4n) is 1.74. The van der Waals surface area contributed by atoms with Crippen LogP contribution in [0.4, 0.5) is 0 Å². The van der Waals surface area contributed by atoms with Gasteiger partial charge in [0.1, 0.15) is 12.0 Å². The summed E-state index contributed by atoms with van der Waals surface area (Å²) in [5.41, 5.74) is 5.95. The van der Waals surface area contributed by atoms with Crippen molar-refractivity contribution in [2.75, 3.05) is 7.11 Å². The van der Waals surface area contributed by atoms with Crippen LogP contribution in [-0.2, 0) is 0 Å². The summed E-state index contributed by atoms with van der Waals surface area (Å²) < 4.78 is 5.04. The van der Waals surface area contributed by atoms with E-state index in [9.17, 15) is 4.79 Å². The maximum atomic E-state index is 11.8. The van der Waals surface area contributed by atoms with Crippen LogP contribution in [-0.4, -0.2) is 24.2 Å². The Bertz CT molecular complexity index is 360. The van der Waals surface area contributed by atoms with Crippen LogP contribution in [0.15, 0.2) is 24.3 Å². The molecule has 0 aliphatic carbocycles. The molecule has 0 aliphatic rings. The smallest absolute Gasteiger partial charge is 0.162 e. The largest absolute Gasteiger partial charge is 0.497 e. The number of nitrogens with two attached hydrogens (primary N) is 1. The van der Waals surface area contributed by atoms with Crippen molar-refractivity contribution in [3.63, 3.8) is 0 Å². The fourth-order valence-corrected chi connectivity index (χ4v) is 1.74. The zero-order valence-electron chi connectivity index (χ0n) is 10.8. The molecule has 0 spiro atoms. The average molecular weight is 251 g/mol. The first-order chi connectivity index (χ1) is 8.63. The second kappa shape index (κ2) is 7.84. The van der Waals surface area contributed by atoms with Crippen LogP contribution >= 0.6 is 0 Å². The van der Waals surface area contributed by atoms with E-state index in [0.29, 0.717) is 12.8 Å². The number of ketones is 1. The van der Waals surface area contributed by atoms with Crippen LogP contribution in [0.25, 0.3) is 0 Å². The van der Waals surface area contributed by atoms with Crippen molar-refractivity contribution in [3.05, 3.63) is 29.8 Å². The van der Waals surface area contributed by atoms with E-state index in [2.05, 4.69) is 0 Å². The molecule has 100 valence electrons. The number of carbonyl (C=O) groups is 1. The average Bonchev–Trinajstić information content (AvgIpc) is 2.38. The van der Waals surface area contributed by atoms with E-state index in [1.807, 2.05) is 0 Å². The van der Waals surface area contributed by atoms with Crippen molar-refractivity contribution in [2.45, 2.75) is 38.3 Å². The van der Waals surface area contributed by atoms with Crippen LogP contribution in [0.3, 0.4) is 0 Å². The minimum Gasteiger partial charge on any atom is -0.497 e. The van der Waals surface area contributed by atoms with Crippen LogP contribution in [0.2, 0.25) is 0 Å². The van der Waals surface area contributed by atoms with E-state index in [1.54, 1.807) is 31.4 Å². The summed E-state index contributed by atoms with van der Waals surface area (Å²) in [5.74, 6) is 0.898. The molecule has 0 fully saturated rings. The molecule has 0 radical (unpaired) electrons. The summed E-state index contributed by atoms with van der Waals surface area (Å²) in [7, 11) is 1.60. The molecular weight excluding hydrogens is 230 g/mol. The number of methoxy groups -OCH3 is 1. The number of carbonyl (C=O) groups excluding carboxylic acids is 1. The molecule has 1 unspecified atom stereocenters. The predicted molar refractivity (Wildman–Crippen MR) is 70.6 cm³/mol. The maximum absolute atomic E-state index is 11.8. The molecule has 18 heavy (non-hydrogen) atoms. The number of hydrogen-bond acceptors (Lipinski definition) is 4. The summed E-state index contributed by atoms with van der Waals surface area (Å²) in [6, 6.07) is 7.14. The number of aliphatic hydroxyl groups is 1. The molecule has 0 aliphatic heterocycles. The van der Waals surface area contributed by atoms with Gasteiger partial charge in [0, 0.05) is 12.0 Å². The molecule has 0 amide bonds. The molecule has 1 rings (SSSR count). The van der Waals surface area contributed by atoms with Crippen LogP contribution in [0, 0.1) is 0 Å². The Hall–Kier alpha value is -1.39. The van der Waals surface area contributed by atoms with Crippen molar-refractivity contribution in [1.29, 1.82) is 0 Å². The standard InChI is InChI=1S/C14H21NO3/c1-18-12-9-7-11(8-10-12)13(16)5-3-2-4-6-14(15)17/h7-10,14,17H,2-6,15H2,1H3. The van der Waals surface area contributed by atoms with Gasteiger partial charge in [0.05, 0.1) is 7.11 Å². The van der Waals surface area contributed by atoms with Gasteiger partial charge in [-0.3, -0.25) is 4.79 Å². The van der Waals surface area contributed by atoms with E-state index in [1.165, 1.54) is 0 Å². The normalized spacial score (nSPS) is 12.2. The number of ether oxygens (including phenoxy) is 1. The molecule has 1 aromatic rings. The molecule has 0 saturated heterocycles. The van der Waals surface area contributed by atoms with Gasteiger partial charge in [-0.25, -0.2) is 0 Å². The molecule has 1 atom stereocenters. The van der Waals surface area contributed by atoms with E-state index >= 15 is 0 Å². The molecular formula is C14H21NO3. The highest BCUT2D eigenvalue weighted by Gasteiger charge is 2.05. The molecule has 4 heteroatoms. The Morgan fingerprint density at radius 2 is 1.94 bits per heavy atom. The minimum atomic E-state index is -0.734. The quantitative estimate of drug-likeness (QED) is 0.421. The highest BCUT2D eigenvalue weighted by Crippen LogP contribution is 2.14. The summed E-state index contributed by atoms with van der Waals surface area (Å²) in [6.07, 6.45) is 2.99. The number of benzene rings is 1. The Morgan fingerprint density at radius 1 is 1.28 bits per heavy atom. The Kier molecular flexibility index (Phi) is 6.39. The minimum absolute atomic E-state index is 0.144. The summed E-state index contributed by atoms with van der Waals surface area (Å²) >= 11 is 0. The van der Waals surface area contributed by atoms with Crippen molar-refractivity contribution in [1.82, 2.24) is 0 Å². The lowest BCUT2D eigenvalue weighted by molar-refractivity contribution is 0.0978. The topological polar surface area (TPSA) is 72.5 Å². The molecule has 1 aromatic carbocycles. The van der Waals surface area contributed by atoms with Crippen molar-refractivity contribution in [3.8, 4) is 5.75 Å². The van der Waals surface area contributed by atoms with Gasteiger partial charge in [-0.2, -0.15) is 0 Å². The van der Waals surface area contributed by atoms with E-state index in [4.69, 9.17) is 15.6 Å². The lowest BCUT2D eigenvalue weighted by Gasteiger charge is -2.04. The molecule has 0 aromatic heterocycles. The molecule has 0 heterocycles. The number of aliphatic hydroxyl groups excluding tert-OH is 1. The lowest BCUT2D eigenvalue weighted by Crippen LogP contribution is -2.17. The first-order valence-corrected chi connectivity index (χ1v) is 6.24. The number of Topliss-reactive ketones (excluding diaryl/α,β-unsaturated/α-hetero) is 1. The Labute approximate surface area is 108 Å². The zero-order chi connectivity index (χ0) is 13.4. The summed E-state index contributed by atoms with van der Waals surface area (Å²) in [6.45, 7) is 0. The SMILES string of the molecule is COc1ccc(C(=O)CCCCCC(N)O)cc1. The van der Waals surface area contributed by atoms with Crippen molar-refractivity contribution in [2.24, 2.45) is 5.73 Å². The highest BCUT2D eigenvalue weighted by molar-refractivity contribution is 5.96.